The first kappa shape index (κ1) is 28.1. The van der Waals surface area contributed by atoms with Crippen LogP contribution in [0.25, 0.3) is 0 Å². The summed E-state index contributed by atoms with van der Waals surface area (Å²) in [5, 5.41) is 30.7. The molecule has 0 spiro atoms. The van der Waals surface area contributed by atoms with Crippen LogP contribution in [0.5, 0.6) is 0 Å². The monoisotopic (exact) mass is 434 g/mol. The first-order valence-corrected chi connectivity index (χ1v) is 13.0. The molecule has 0 saturated carbocycles. The largest absolute Gasteiger partial charge is 0.393 e. The zero-order valence-electron chi connectivity index (χ0n) is 20.6. The molecule has 3 N–H and O–H groups in total. The van der Waals surface area contributed by atoms with Crippen LogP contribution in [-0.2, 0) is 6.42 Å². The van der Waals surface area contributed by atoms with Crippen LogP contribution in [0.2, 0.25) is 0 Å². The Morgan fingerprint density at radius 3 is 1.55 bits per heavy atom. The Kier molecular flexibility index (Phi) is 16.0. The van der Waals surface area contributed by atoms with Gasteiger partial charge in [-0.2, -0.15) is 0 Å². The lowest BCUT2D eigenvalue weighted by atomic mass is 9.97. The van der Waals surface area contributed by atoms with E-state index in [1.54, 1.807) is 0 Å². The maximum absolute atomic E-state index is 10.3. The predicted octanol–water partition coefficient (Wildman–Crippen LogP) is 6.80. The number of aliphatic hydroxyl groups is 3. The zero-order chi connectivity index (χ0) is 22.9. The van der Waals surface area contributed by atoms with Gasteiger partial charge in [0, 0.05) is 0 Å². The van der Waals surface area contributed by atoms with E-state index >= 15 is 0 Å². The van der Waals surface area contributed by atoms with E-state index in [0.29, 0.717) is 19.3 Å². The van der Waals surface area contributed by atoms with Crippen LogP contribution in [0.1, 0.15) is 120 Å². The lowest BCUT2D eigenvalue weighted by Gasteiger charge is -2.19. The summed E-state index contributed by atoms with van der Waals surface area (Å²) in [7, 11) is 0. The van der Waals surface area contributed by atoms with Crippen molar-refractivity contribution in [2.45, 2.75) is 142 Å². The van der Waals surface area contributed by atoms with Gasteiger partial charge >= 0.3 is 0 Å². The summed E-state index contributed by atoms with van der Waals surface area (Å²) in [6, 6.07) is 6.47. The number of rotatable bonds is 19. The van der Waals surface area contributed by atoms with Gasteiger partial charge in [0.05, 0.1) is 18.3 Å². The smallest absolute Gasteiger partial charge is 0.0589 e. The maximum atomic E-state index is 10.3. The molecule has 3 heteroatoms. The molecule has 0 bridgehead atoms. The SMILES string of the molecule is CCCCCCCCCCCCC[C@H](O)C[C@H](O)C[C@H](O)CCc1cc(C)cc(C)c1. The molecule has 0 saturated heterocycles. The summed E-state index contributed by atoms with van der Waals surface area (Å²) >= 11 is 0. The number of hydrogen-bond acceptors (Lipinski definition) is 3. The minimum absolute atomic E-state index is 0.347. The van der Waals surface area contributed by atoms with Gasteiger partial charge in [-0.05, 0) is 51.5 Å². The quantitative estimate of drug-likeness (QED) is 0.210. The third kappa shape index (κ3) is 15.5. The maximum Gasteiger partial charge on any atom is 0.0589 e. The van der Waals surface area contributed by atoms with E-state index < -0.39 is 18.3 Å². The van der Waals surface area contributed by atoms with Gasteiger partial charge in [0.25, 0.3) is 0 Å². The second-order valence-corrected chi connectivity index (χ2v) is 9.79. The van der Waals surface area contributed by atoms with Crippen LogP contribution in [0.15, 0.2) is 18.2 Å². The summed E-state index contributed by atoms with van der Waals surface area (Å²) < 4.78 is 0. The number of hydrogen-bond donors (Lipinski definition) is 3. The first-order valence-electron chi connectivity index (χ1n) is 13.0. The highest BCUT2D eigenvalue weighted by Crippen LogP contribution is 2.17. The van der Waals surface area contributed by atoms with Gasteiger partial charge < -0.3 is 15.3 Å². The van der Waals surface area contributed by atoms with E-state index in [1.807, 2.05) is 0 Å². The number of unbranched alkanes of at least 4 members (excludes halogenated alkanes) is 10. The normalized spacial score (nSPS) is 14.5. The van der Waals surface area contributed by atoms with Gasteiger partial charge in [-0.3, -0.25) is 0 Å². The summed E-state index contributed by atoms with van der Waals surface area (Å²) in [5.74, 6) is 0. The average molecular weight is 435 g/mol. The Morgan fingerprint density at radius 2 is 1.03 bits per heavy atom. The minimum atomic E-state index is -0.628. The average Bonchev–Trinajstić information content (AvgIpc) is 2.69. The van der Waals surface area contributed by atoms with Crippen molar-refractivity contribution in [1.82, 2.24) is 0 Å². The van der Waals surface area contributed by atoms with Crippen molar-refractivity contribution in [2.75, 3.05) is 0 Å². The molecule has 0 aliphatic carbocycles. The molecule has 1 aromatic rings. The fourth-order valence-electron chi connectivity index (χ4n) is 4.55. The van der Waals surface area contributed by atoms with Crippen molar-refractivity contribution in [3.8, 4) is 0 Å². The molecule has 31 heavy (non-hydrogen) atoms. The molecule has 0 aliphatic rings. The number of aliphatic hydroxyl groups excluding tert-OH is 3. The molecular weight excluding hydrogens is 384 g/mol. The molecule has 0 aromatic heterocycles. The molecule has 0 unspecified atom stereocenters. The van der Waals surface area contributed by atoms with Crippen LogP contribution in [0, 0.1) is 13.8 Å². The number of benzene rings is 1. The standard InChI is InChI=1S/C28H50O3/c1-4-5-6-7-8-9-10-11-12-13-14-15-26(29)21-28(31)22-27(30)17-16-25-19-23(2)18-24(3)20-25/h18-20,26-31H,4-17,21-22H2,1-3H3/t26-,27+,28-/m0/s1. The lowest BCUT2D eigenvalue weighted by molar-refractivity contribution is 0.0343. The van der Waals surface area contributed by atoms with Crippen molar-refractivity contribution < 1.29 is 15.3 Å². The van der Waals surface area contributed by atoms with Crippen molar-refractivity contribution in [3.05, 3.63) is 34.9 Å². The Hall–Kier alpha value is -0.900. The van der Waals surface area contributed by atoms with Gasteiger partial charge in [0.1, 0.15) is 0 Å². The molecule has 3 nitrogen and oxygen atoms in total. The second-order valence-electron chi connectivity index (χ2n) is 9.79. The van der Waals surface area contributed by atoms with Crippen LogP contribution in [0.4, 0.5) is 0 Å². The molecule has 0 fully saturated rings. The third-order valence-corrected chi connectivity index (χ3v) is 6.28. The van der Waals surface area contributed by atoms with E-state index in [2.05, 4.69) is 39.0 Å². The predicted molar refractivity (Wildman–Crippen MR) is 133 cm³/mol. The van der Waals surface area contributed by atoms with Crippen LogP contribution in [-0.4, -0.2) is 33.6 Å². The third-order valence-electron chi connectivity index (χ3n) is 6.28. The molecule has 1 rings (SSSR count). The van der Waals surface area contributed by atoms with Crippen LogP contribution in [0.3, 0.4) is 0 Å². The molecule has 0 aliphatic heterocycles. The van der Waals surface area contributed by atoms with Gasteiger partial charge in [-0.15, -0.1) is 0 Å². The van der Waals surface area contributed by atoms with E-state index in [9.17, 15) is 15.3 Å². The Morgan fingerprint density at radius 1 is 0.581 bits per heavy atom. The summed E-state index contributed by atoms with van der Waals surface area (Å²) in [4.78, 5) is 0. The molecule has 3 atom stereocenters. The van der Waals surface area contributed by atoms with Gasteiger partial charge in [-0.1, -0.05) is 107 Å². The van der Waals surface area contributed by atoms with Crippen molar-refractivity contribution in [2.24, 2.45) is 0 Å². The van der Waals surface area contributed by atoms with Crippen molar-refractivity contribution >= 4 is 0 Å². The van der Waals surface area contributed by atoms with Gasteiger partial charge in [0.15, 0.2) is 0 Å². The summed E-state index contributed by atoms with van der Waals surface area (Å²) in [6.07, 6.45) is 15.7. The fourth-order valence-corrected chi connectivity index (χ4v) is 4.55. The van der Waals surface area contributed by atoms with E-state index in [4.69, 9.17) is 0 Å². The van der Waals surface area contributed by atoms with Gasteiger partial charge in [-0.25, -0.2) is 0 Å². The molecule has 0 radical (unpaired) electrons. The van der Waals surface area contributed by atoms with E-state index in [-0.39, 0.29) is 0 Å². The molecule has 0 heterocycles. The highest BCUT2D eigenvalue weighted by molar-refractivity contribution is 5.28. The van der Waals surface area contributed by atoms with E-state index in [0.717, 1.165) is 19.3 Å². The molecule has 180 valence electrons. The number of aryl methyl sites for hydroxylation is 3. The highest BCUT2D eigenvalue weighted by Gasteiger charge is 2.16. The Balaban J connectivity index is 2.02. The molecular formula is C28H50O3. The second kappa shape index (κ2) is 17.6. The highest BCUT2D eigenvalue weighted by atomic mass is 16.3. The Labute approximate surface area is 192 Å². The topological polar surface area (TPSA) is 60.7 Å². The molecule has 1 aromatic carbocycles. The Bertz CT molecular complexity index is 537. The fraction of sp³-hybridized carbons (Fsp3) is 0.786. The first-order chi connectivity index (χ1) is 14.9. The van der Waals surface area contributed by atoms with Crippen LogP contribution < -0.4 is 0 Å². The minimum Gasteiger partial charge on any atom is -0.393 e. The summed E-state index contributed by atoms with van der Waals surface area (Å²) in [6.45, 7) is 6.44. The van der Waals surface area contributed by atoms with E-state index in [1.165, 1.54) is 80.9 Å². The lowest BCUT2D eigenvalue weighted by Crippen LogP contribution is -2.23. The summed E-state index contributed by atoms with van der Waals surface area (Å²) in [5.41, 5.74) is 3.73. The van der Waals surface area contributed by atoms with Crippen molar-refractivity contribution in [3.63, 3.8) is 0 Å². The zero-order valence-corrected chi connectivity index (χ0v) is 20.6. The van der Waals surface area contributed by atoms with Crippen molar-refractivity contribution in [1.29, 1.82) is 0 Å². The van der Waals surface area contributed by atoms with Crippen LogP contribution >= 0.6 is 0 Å². The molecule has 0 amide bonds. The van der Waals surface area contributed by atoms with Gasteiger partial charge in [0.2, 0.25) is 0 Å².